The lowest BCUT2D eigenvalue weighted by atomic mass is 10.0. The average Bonchev–Trinajstić information content (AvgIpc) is 2.72. The van der Waals surface area contributed by atoms with Gasteiger partial charge in [-0.1, -0.05) is 78.4 Å². The van der Waals surface area contributed by atoms with Crippen molar-refractivity contribution in [3.63, 3.8) is 0 Å². The van der Waals surface area contributed by atoms with E-state index in [1.807, 2.05) is 19.1 Å². The van der Waals surface area contributed by atoms with E-state index in [4.69, 9.17) is 9.47 Å². The van der Waals surface area contributed by atoms with E-state index in [0.29, 0.717) is 13.2 Å². The summed E-state index contributed by atoms with van der Waals surface area (Å²) in [5.41, 5.74) is 6.06. The maximum absolute atomic E-state index is 5.67. The van der Waals surface area contributed by atoms with Crippen LogP contribution in [0.2, 0.25) is 0 Å². The molecule has 138 valence electrons. The van der Waals surface area contributed by atoms with Crippen LogP contribution >= 0.6 is 0 Å². The van der Waals surface area contributed by atoms with E-state index in [2.05, 4.69) is 79.7 Å². The second kappa shape index (κ2) is 9.75. The number of rotatable bonds is 8. The Morgan fingerprint density at radius 1 is 0.667 bits per heavy atom. The first-order valence-corrected chi connectivity index (χ1v) is 9.40. The van der Waals surface area contributed by atoms with Gasteiger partial charge in [-0.15, -0.1) is 0 Å². The molecule has 3 rings (SSSR count). The standard InChI is InChI=1S/C25H26O2/c1-3-26-18-19-27-25-16-14-24(15-17-25)23-12-10-22(11-13-23)9-8-21-6-4-20(2)5-7-21/h4-17H,3,18-19H2,1-2H3. The Balaban J connectivity index is 1.60. The van der Waals surface area contributed by atoms with Gasteiger partial charge in [-0.2, -0.15) is 0 Å². The van der Waals surface area contributed by atoms with Crippen molar-refractivity contribution in [3.8, 4) is 16.9 Å². The summed E-state index contributed by atoms with van der Waals surface area (Å²) >= 11 is 0. The molecule has 0 saturated carbocycles. The van der Waals surface area contributed by atoms with Crippen LogP contribution in [-0.4, -0.2) is 19.8 Å². The first kappa shape index (κ1) is 18.9. The molecule has 0 N–H and O–H groups in total. The molecule has 0 heterocycles. The minimum Gasteiger partial charge on any atom is -0.491 e. The van der Waals surface area contributed by atoms with Crippen LogP contribution in [0.3, 0.4) is 0 Å². The van der Waals surface area contributed by atoms with Crippen LogP contribution in [-0.2, 0) is 4.74 Å². The van der Waals surface area contributed by atoms with E-state index in [1.54, 1.807) is 0 Å². The lowest BCUT2D eigenvalue weighted by Gasteiger charge is -2.08. The topological polar surface area (TPSA) is 18.5 Å². The molecule has 27 heavy (non-hydrogen) atoms. The number of aryl methyl sites for hydroxylation is 1. The zero-order valence-corrected chi connectivity index (χ0v) is 16.0. The van der Waals surface area contributed by atoms with Gasteiger partial charge in [-0.3, -0.25) is 0 Å². The molecular weight excluding hydrogens is 332 g/mol. The lowest BCUT2D eigenvalue weighted by molar-refractivity contribution is 0.110. The summed E-state index contributed by atoms with van der Waals surface area (Å²) in [7, 11) is 0. The molecule has 2 heteroatoms. The molecule has 0 amide bonds. The molecule has 0 fully saturated rings. The van der Waals surface area contributed by atoms with Gasteiger partial charge in [0.25, 0.3) is 0 Å². The number of ether oxygens (including phenoxy) is 2. The molecule has 0 aliphatic rings. The fourth-order valence-electron chi connectivity index (χ4n) is 2.76. The van der Waals surface area contributed by atoms with E-state index < -0.39 is 0 Å². The highest BCUT2D eigenvalue weighted by atomic mass is 16.5. The van der Waals surface area contributed by atoms with Crippen LogP contribution in [0.5, 0.6) is 5.75 Å². The highest BCUT2D eigenvalue weighted by Crippen LogP contribution is 2.23. The van der Waals surface area contributed by atoms with Crippen LogP contribution in [0, 0.1) is 6.92 Å². The Bertz CT molecular complexity index is 844. The van der Waals surface area contributed by atoms with Crippen molar-refractivity contribution in [1.82, 2.24) is 0 Å². The summed E-state index contributed by atoms with van der Waals surface area (Å²) in [6, 6.07) is 25.3. The van der Waals surface area contributed by atoms with Gasteiger partial charge in [0.15, 0.2) is 0 Å². The molecule has 0 saturated heterocycles. The smallest absolute Gasteiger partial charge is 0.119 e. The molecule has 2 nitrogen and oxygen atoms in total. The van der Waals surface area contributed by atoms with Crippen LogP contribution < -0.4 is 4.74 Å². The Labute approximate surface area is 162 Å². The third kappa shape index (κ3) is 5.83. The number of hydrogen-bond donors (Lipinski definition) is 0. The molecule has 0 aromatic heterocycles. The first-order chi connectivity index (χ1) is 13.2. The monoisotopic (exact) mass is 358 g/mol. The van der Waals surface area contributed by atoms with Crippen molar-refractivity contribution < 1.29 is 9.47 Å². The van der Waals surface area contributed by atoms with Crippen molar-refractivity contribution in [1.29, 1.82) is 0 Å². The highest BCUT2D eigenvalue weighted by molar-refractivity contribution is 5.72. The predicted octanol–water partition coefficient (Wildman–Crippen LogP) is 6.25. The molecule has 0 radical (unpaired) electrons. The Kier molecular flexibility index (Phi) is 6.84. The molecular formula is C25H26O2. The number of benzene rings is 3. The normalized spacial score (nSPS) is 11.0. The Morgan fingerprint density at radius 2 is 1.19 bits per heavy atom. The van der Waals surface area contributed by atoms with Crippen LogP contribution in [0.4, 0.5) is 0 Å². The fraction of sp³-hybridized carbons (Fsp3) is 0.200. The molecule has 0 aliphatic heterocycles. The lowest BCUT2D eigenvalue weighted by Crippen LogP contribution is -2.06. The minimum atomic E-state index is 0.579. The van der Waals surface area contributed by atoms with Gasteiger partial charge in [0.05, 0.1) is 6.61 Å². The van der Waals surface area contributed by atoms with Crippen molar-refractivity contribution >= 4 is 12.2 Å². The fourth-order valence-corrected chi connectivity index (χ4v) is 2.76. The minimum absolute atomic E-state index is 0.579. The zero-order valence-electron chi connectivity index (χ0n) is 16.0. The SMILES string of the molecule is CCOCCOc1ccc(-c2ccc(C=Cc3ccc(C)cc3)cc2)cc1. The van der Waals surface area contributed by atoms with Crippen LogP contribution in [0.25, 0.3) is 23.3 Å². The molecule has 3 aromatic carbocycles. The van der Waals surface area contributed by atoms with Crippen molar-refractivity contribution in [2.24, 2.45) is 0 Å². The summed E-state index contributed by atoms with van der Waals surface area (Å²) in [5.74, 6) is 0.871. The Hall–Kier alpha value is -2.84. The predicted molar refractivity (Wildman–Crippen MR) is 114 cm³/mol. The number of hydrogen-bond acceptors (Lipinski definition) is 2. The van der Waals surface area contributed by atoms with Gasteiger partial charge < -0.3 is 9.47 Å². The van der Waals surface area contributed by atoms with Gasteiger partial charge >= 0.3 is 0 Å². The average molecular weight is 358 g/mol. The third-order valence-corrected chi connectivity index (χ3v) is 4.34. The highest BCUT2D eigenvalue weighted by Gasteiger charge is 1.99. The third-order valence-electron chi connectivity index (χ3n) is 4.34. The van der Waals surface area contributed by atoms with Gasteiger partial charge in [0, 0.05) is 6.61 Å². The largest absolute Gasteiger partial charge is 0.491 e. The maximum Gasteiger partial charge on any atom is 0.119 e. The Morgan fingerprint density at radius 3 is 1.74 bits per heavy atom. The van der Waals surface area contributed by atoms with Gasteiger partial charge in [-0.25, -0.2) is 0 Å². The van der Waals surface area contributed by atoms with E-state index in [9.17, 15) is 0 Å². The molecule has 0 unspecified atom stereocenters. The van der Waals surface area contributed by atoms with Crippen molar-refractivity contribution in [2.45, 2.75) is 13.8 Å². The molecule has 0 aliphatic carbocycles. The van der Waals surface area contributed by atoms with Crippen LogP contribution in [0.1, 0.15) is 23.6 Å². The molecule has 3 aromatic rings. The summed E-state index contributed by atoms with van der Waals surface area (Å²) in [6.07, 6.45) is 4.28. The van der Waals surface area contributed by atoms with Gasteiger partial charge in [0.1, 0.15) is 12.4 Å². The van der Waals surface area contributed by atoms with E-state index in [0.717, 1.165) is 12.4 Å². The van der Waals surface area contributed by atoms with Crippen molar-refractivity contribution in [2.75, 3.05) is 19.8 Å². The summed E-state index contributed by atoms with van der Waals surface area (Å²) < 4.78 is 10.9. The summed E-state index contributed by atoms with van der Waals surface area (Å²) in [6.45, 7) is 6.01. The van der Waals surface area contributed by atoms with Crippen molar-refractivity contribution in [3.05, 3.63) is 89.5 Å². The first-order valence-electron chi connectivity index (χ1n) is 9.40. The maximum atomic E-state index is 5.67. The second-order valence-electron chi connectivity index (χ2n) is 6.44. The summed E-state index contributed by atoms with van der Waals surface area (Å²) in [4.78, 5) is 0. The molecule has 0 spiro atoms. The van der Waals surface area contributed by atoms with Gasteiger partial charge in [0.2, 0.25) is 0 Å². The van der Waals surface area contributed by atoms with E-state index in [-0.39, 0.29) is 0 Å². The van der Waals surface area contributed by atoms with Crippen LogP contribution in [0.15, 0.2) is 72.8 Å². The second-order valence-corrected chi connectivity index (χ2v) is 6.44. The van der Waals surface area contributed by atoms with Gasteiger partial charge in [-0.05, 0) is 48.2 Å². The quantitative estimate of drug-likeness (QED) is 0.350. The van der Waals surface area contributed by atoms with E-state index >= 15 is 0 Å². The van der Waals surface area contributed by atoms with E-state index in [1.165, 1.54) is 27.8 Å². The molecule has 0 atom stereocenters. The zero-order chi connectivity index (χ0) is 18.9. The molecule has 0 bridgehead atoms. The summed E-state index contributed by atoms with van der Waals surface area (Å²) in [5, 5.41) is 0.